The molecule has 1 aromatic carbocycles. The fraction of sp³-hybridized carbons (Fsp3) is 0.500. The van der Waals surface area contributed by atoms with Crippen LogP contribution in [0.4, 0.5) is 11.5 Å². The molecule has 3 N–H and O–H groups in total. The zero-order valence-corrected chi connectivity index (χ0v) is 15.4. The first-order chi connectivity index (χ1) is 12.3. The average molecular weight is 359 g/mol. The van der Waals surface area contributed by atoms with Crippen molar-refractivity contribution >= 4 is 17.5 Å². The van der Waals surface area contributed by atoms with Crippen molar-refractivity contribution < 1.29 is 14.3 Å². The van der Waals surface area contributed by atoms with Crippen molar-refractivity contribution in [3.05, 3.63) is 24.3 Å². The van der Waals surface area contributed by atoms with E-state index < -0.39 is 5.41 Å². The van der Waals surface area contributed by atoms with Gasteiger partial charge in [-0.15, -0.1) is 5.06 Å². The molecule has 0 aliphatic carbocycles. The van der Waals surface area contributed by atoms with Crippen molar-refractivity contribution in [2.24, 2.45) is 5.41 Å². The zero-order valence-electron chi connectivity index (χ0n) is 15.4. The van der Waals surface area contributed by atoms with Gasteiger partial charge in [0.25, 0.3) is 0 Å². The lowest BCUT2D eigenvalue weighted by Gasteiger charge is -2.33. The van der Waals surface area contributed by atoms with Crippen LogP contribution in [0.25, 0.3) is 11.3 Å². The normalized spacial score (nSPS) is 18.5. The number of nitrogens with two attached hydrogens (primary N) is 1. The van der Waals surface area contributed by atoms with Crippen LogP contribution in [-0.2, 0) is 9.63 Å². The highest BCUT2D eigenvalue weighted by Gasteiger charge is 2.28. The molecule has 3 rings (SSSR count). The van der Waals surface area contributed by atoms with Crippen LogP contribution < -0.4 is 11.1 Å². The topological polar surface area (TPSA) is 107 Å². The van der Waals surface area contributed by atoms with Gasteiger partial charge >= 0.3 is 5.97 Å². The summed E-state index contributed by atoms with van der Waals surface area (Å²) in [5, 5.41) is 12.6. The molecule has 1 unspecified atom stereocenters. The molecule has 8 heteroatoms. The van der Waals surface area contributed by atoms with Gasteiger partial charge in [-0.2, -0.15) is 0 Å². The van der Waals surface area contributed by atoms with Gasteiger partial charge in [-0.1, -0.05) is 12.1 Å². The highest BCUT2D eigenvalue weighted by molar-refractivity contribution is 5.75. The molecule has 1 aliphatic heterocycles. The standard InChI is InChI=1S/C18H25N5O3/c1-18(2,3)17(24)25-23-10-4-5-14(11-23)20-13-8-6-12(7-9-13)15-16(19)22-26-21-15/h6-9,14,20H,4-5,10-11H2,1-3H3,(H2,19,22). The van der Waals surface area contributed by atoms with Gasteiger partial charge in [0.15, 0.2) is 11.5 Å². The SMILES string of the molecule is CC(C)(C)C(=O)ON1CCCC(Nc2ccc(-c3nonc3N)cc2)C1. The quantitative estimate of drug-likeness (QED) is 0.858. The largest absolute Gasteiger partial charge is 0.381 e. The van der Waals surface area contributed by atoms with Crippen molar-refractivity contribution in [1.29, 1.82) is 0 Å². The smallest absolute Gasteiger partial charge is 0.330 e. The van der Waals surface area contributed by atoms with Gasteiger partial charge in [-0.25, -0.2) is 9.42 Å². The van der Waals surface area contributed by atoms with Crippen LogP contribution in [-0.4, -0.2) is 40.5 Å². The lowest BCUT2D eigenvalue weighted by Crippen LogP contribution is -2.44. The van der Waals surface area contributed by atoms with E-state index in [1.54, 1.807) is 5.06 Å². The predicted molar refractivity (Wildman–Crippen MR) is 97.9 cm³/mol. The molecule has 0 radical (unpaired) electrons. The van der Waals surface area contributed by atoms with E-state index in [-0.39, 0.29) is 17.8 Å². The molecular weight excluding hydrogens is 334 g/mol. The first-order valence-electron chi connectivity index (χ1n) is 8.75. The maximum Gasteiger partial charge on any atom is 0.330 e. The van der Waals surface area contributed by atoms with Gasteiger partial charge < -0.3 is 15.9 Å². The summed E-state index contributed by atoms with van der Waals surface area (Å²) in [5.41, 5.74) is 7.58. The van der Waals surface area contributed by atoms with E-state index in [1.807, 2.05) is 45.0 Å². The van der Waals surface area contributed by atoms with Crippen molar-refractivity contribution in [3.63, 3.8) is 0 Å². The van der Waals surface area contributed by atoms with Crippen molar-refractivity contribution in [2.45, 2.75) is 39.7 Å². The first kappa shape index (κ1) is 18.2. The summed E-state index contributed by atoms with van der Waals surface area (Å²) in [4.78, 5) is 17.6. The Morgan fingerprint density at radius 1 is 1.31 bits per heavy atom. The molecule has 8 nitrogen and oxygen atoms in total. The number of rotatable bonds is 4. The molecule has 2 aromatic rings. The molecule has 0 amide bonds. The number of aromatic nitrogens is 2. The van der Waals surface area contributed by atoms with Gasteiger partial charge in [0.05, 0.1) is 12.0 Å². The van der Waals surface area contributed by atoms with E-state index in [4.69, 9.17) is 10.6 Å². The van der Waals surface area contributed by atoms with E-state index in [9.17, 15) is 4.79 Å². The van der Waals surface area contributed by atoms with Crippen molar-refractivity contribution in [1.82, 2.24) is 15.4 Å². The van der Waals surface area contributed by atoms with E-state index in [0.29, 0.717) is 12.2 Å². The van der Waals surface area contributed by atoms with Crippen LogP contribution in [0, 0.1) is 5.41 Å². The number of hydroxylamine groups is 2. The van der Waals surface area contributed by atoms with Crippen LogP contribution in [0.1, 0.15) is 33.6 Å². The first-order valence-corrected chi connectivity index (χ1v) is 8.75. The summed E-state index contributed by atoms with van der Waals surface area (Å²) in [5.74, 6) is 0.0654. The lowest BCUT2D eigenvalue weighted by atomic mass is 9.98. The minimum absolute atomic E-state index is 0.207. The predicted octanol–water partition coefficient (Wildman–Crippen LogP) is 2.70. The number of hydrogen-bond acceptors (Lipinski definition) is 8. The number of nitrogens with one attached hydrogen (secondary N) is 1. The van der Waals surface area contributed by atoms with Gasteiger partial charge in [0, 0.05) is 23.8 Å². The van der Waals surface area contributed by atoms with Crippen LogP contribution in [0.2, 0.25) is 0 Å². The Kier molecular flexibility index (Phi) is 5.13. The van der Waals surface area contributed by atoms with Crippen LogP contribution in [0.5, 0.6) is 0 Å². The van der Waals surface area contributed by atoms with Crippen LogP contribution in [0.3, 0.4) is 0 Å². The average Bonchev–Trinajstić information content (AvgIpc) is 3.01. The zero-order chi connectivity index (χ0) is 18.7. The number of nitrogen functional groups attached to an aromatic ring is 1. The maximum absolute atomic E-state index is 12.1. The third kappa shape index (κ3) is 4.32. The third-order valence-electron chi connectivity index (χ3n) is 4.25. The fourth-order valence-electron chi connectivity index (χ4n) is 2.75. The Morgan fingerprint density at radius 3 is 2.65 bits per heavy atom. The van der Waals surface area contributed by atoms with Gasteiger partial charge in [0.1, 0.15) is 0 Å². The molecule has 1 aliphatic rings. The Labute approximate surface area is 152 Å². The summed E-state index contributed by atoms with van der Waals surface area (Å²) in [6.07, 6.45) is 1.99. The third-order valence-corrected chi connectivity index (χ3v) is 4.25. The number of anilines is 2. The Bertz CT molecular complexity index is 751. The highest BCUT2D eigenvalue weighted by Crippen LogP contribution is 2.25. The second-order valence-corrected chi connectivity index (χ2v) is 7.58. The molecule has 1 aromatic heterocycles. The lowest BCUT2D eigenvalue weighted by molar-refractivity contribution is -0.204. The second-order valence-electron chi connectivity index (χ2n) is 7.58. The number of piperidine rings is 1. The van der Waals surface area contributed by atoms with Crippen molar-refractivity contribution in [3.8, 4) is 11.3 Å². The summed E-state index contributed by atoms with van der Waals surface area (Å²) >= 11 is 0. The minimum atomic E-state index is -0.506. The minimum Gasteiger partial charge on any atom is -0.381 e. The number of hydrogen-bond donors (Lipinski definition) is 2. The molecule has 1 atom stereocenters. The monoisotopic (exact) mass is 359 g/mol. The number of carbonyl (C=O) groups is 1. The Hall–Kier alpha value is -2.61. The van der Waals surface area contributed by atoms with Crippen LogP contribution in [0.15, 0.2) is 28.9 Å². The van der Waals surface area contributed by atoms with E-state index in [2.05, 4.69) is 20.3 Å². The second kappa shape index (κ2) is 7.33. The Balaban J connectivity index is 1.58. The number of nitrogens with zero attached hydrogens (tertiary/aromatic N) is 3. The molecular formula is C18H25N5O3. The number of benzene rings is 1. The molecule has 140 valence electrons. The summed E-state index contributed by atoms with van der Waals surface area (Å²) in [7, 11) is 0. The summed E-state index contributed by atoms with van der Waals surface area (Å²) in [6.45, 7) is 6.98. The van der Waals surface area contributed by atoms with E-state index in [1.165, 1.54) is 0 Å². The molecule has 2 heterocycles. The van der Waals surface area contributed by atoms with Crippen LogP contribution >= 0.6 is 0 Å². The number of carbonyl (C=O) groups excluding carboxylic acids is 1. The highest BCUT2D eigenvalue weighted by atomic mass is 16.7. The van der Waals surface area contributed by atoms with Crippen molar-refractivity contribution in [2.75, 3.05) is 24.1 Å². The van der Waals surface area contributed by atoms with E-state index in [0.717, 1.165) is 30.6 Å². The molecule has 1 fully saturated rings. The molecule has 1 saturated heterocycles. The molecule has 0 bridgehead atoms. The van der Waals surface area contributed by atoms with Gasteiger partial charge in [0.2, 0.25) is 0 Å². The maximum atomic E-state index is 12.1. The molecule has 26 heavy (non-hydrogen) atoms. The molecule has 0 saturated carbocycles. The fourth-order valence-corrected chi connectivity index (χ4v) is 2.75. The summed E-state index contributed by atoms with van der Waals surface area (Å²) < 4.78 is 4.63. The Morgan fingerprint density at radius 2 is 2.04 bits per heavy atom. The molecule has 0 spiro atoms. The summed E-state index contributed by atoms with van der Waals surface area (Å²) in [6, 6.07) is 7.96. The van der Waals surface area contributed by atoms with Gasteiger partial charge in [-0.05, 0) is 56.1 Å². The van der Waals surface area contributed by atoms with E-state index >= 15 is 0 Å². The van der Waals surface area contributed by atoms with Gasteiger partial charge in [-0.3, -0.25) is 0 Å².